The van der Waals surface area contributed by atoms with Gasteiger partial charge in [-0.05, 0) is 73.1 Å². The highest BCUT2D eigenvalue weighted by Crippen LogP contribution is 2.39. The monoisotopic (exact) mass is 258 g/mol. The lowest BCUT2D eigenvalue weighted by Gasteiger charge is -2.15. The second-order valence-electron chi connectivity index (χ2n) is 6.53. The number of halogens is 1. The van der Waals surface area contributed by atoms with E-state index < -0.39 is 0 Å². The topological polar surface area (TPSA) is 0 Å². The lowest BCUT2D eigenvalue weighted by molar-refractivity contribution is 0.525. The molecule has 2 aliphatic carbocycles. The molecule has 1 aromatic rings. The van der Waals surface area contributed by atoms with E-state index in [1.165, 1.54) is 29.5 Å². The molecule has 102 valence electrons. The highest BCUT2D eigenvalue weighted by Gasteiger charge is 2.24. The lowest BCUT2D eigenvalue weighted by Crippen LogP contribution is -2.03. The highest BCUT2D eigenvalue weighted by atomic mass is 19.1. The first-order chi connectivity index (χ1) is 9.13. The van der Waals surface area contributed by atoms with Gasteiger partial charge in [0.15, 0.2) is 0 Å². The number of rotatable bonds is 1. The second-order valence-corrected chi connectivity index (χ2v) is 6.53. The van der Waals surface area contributed by atoms with Gasteiger partial charge in [-0.25, -0.2) is 4.39 Å². The summed E-state index contributed by atoms with van der Waals surface area (Å²) in [7, 11) is 0. The van der Waals surface area contributed by atoms with Crippen molar-refractivity contribution in [3.05, 3.63) is 46.8 Å². The maximum absolute atomic E-state index is 14.4. The molecule has 0 bridgehead atoms. The standard InChI is InChI=1S/C18H23F/c1-12-4-3-5-14-10-17(15-7-6-13(2)8-15)18(19)11-16(14)9-12/h10-12,15H,2-9H2,1H3. The summed E-state index contributed by atoms with van der Waals surface area (Å²) in [5, 5.41) is 0. The minimum absolute atomic E-state index is 0.0209. The van der Waals surface area contributed by atoms with Crippen LogP contribution < -0.4 is 0 Å². The Kier molecular flexibility index (Phi) is 3.47. The van der Waals surface area contributed by atoms with Crippen molar-refractivity contribution >= 4 is 0 Å². The minimum Gasteiger partial charge on any atom is -0.207 e. The molecule has 3 rings (SSSR count). The SMILES string of the molecule is C=C1CCC(c2cc3c(cc2F)CC(C)CCC3)C1. The van der Waals surface area contributed by atoms with Gasteiger partial charge in [0.05, 0.1) is 0 Å². The molecular formula is C18H23F. The van der Waals surface area contributed by atoms with Crippen molar-refractivity contribution in [3.8, 4) is 0 Å². The maximum Gasteiger partial charge on any atom is 0.126 e. The zero-order chi connectivity index (χ0) is 13.4. The predicted octanol–water partition coefficient (Wildman–Crippen LogP) is 5.16. The number of hydrogen-bond donors (Lipinski definition) is 0. The predicted molar refractivity (Wildman–Crippen MR) is 77.9 cm³/mol. The maximum atomic E-state index is 14.4. The van der Waals surface area contributed by atoms with Crippen molar-refractivity contribution < 1.29 is 4.39 Å². The van der Waals surface area contributed by atoms with Gasteiger partial charge < -0.3 is 0 Å². The normalized spacial score (nSPS) is 27.2. The van der Waals surface area contributed by atoms with Crippen LogP contribution in [0, 0.1) is 11.7 Å². The molecule has 0 heterocycles. The summed E-state index contributed by atoms with van der Waals surface area (Å²) in [6.45, 7) is 6.33. The Morgan fingerprint density at radius 2 is 1.95 bits per heavy atom. The number of hydrogen-bond acceptors (Lipinski definition) is 0. The first kappa shape index (κ1) is 12.9. The molecule has 0 saturated heterocycles. The van der Waals surface area contributed by atoms with Crippen LogP contribution in [0.5, 0.6) is 0 Å². The van der Waals surface area contributed by atoms with Crippen molar-refractivity contribution in [2.45, 2.75) is 57.8 Å². The third-order valence-corrected chi connectivity index (χ3v) is 4.85. The van der Waals surface area contributed by atoms with E-state index in [4.69, 9.17) is 0 Å². The molecule has 1 fully saturated rings. The van der Waals surface area contributed by atoms with Crippen LogP contribution in [0.25, 0.3) is 0 Å². The molecule has 0 aromatic heterocycles. The van der Waals surface area contributed by atoms with E-state index in [9.17, 15) is 4.39 Å². The second kappa shape index (κ2) is 5.11. The van der Waals surface area contributed by atoms with Gasteiger partial charge in [-0.15, -0.1) is 0 Å². The summed E-state index contributed by atoms with van der Waals surface area (Å²) in [5.74, 6) is 1.09. The highest BCUT2D eigenvalue weighted by molar-refractivity contribution is 5.37. The van der Waals surface area contributed by atoms with Crippen LogP contribution in [-0.2, 0) is 12.8 Å². The third kappa shape index (κ3) is 2.61. The Morgan fingerprint density at radius 3 is 2.68 bits per heavy atom. The Morgan fingerprint density at radius 1 is 1.11 bits per heavy atom. The summed E-state index contributed by atoms with van der Waals surface area (Å²) in [6, 6.07) is 4.00. The van der Waals surface area contributed by atoms with Crippen molar-refractivity contribution in [3.63, 3.8) is 0 Å². The van der Waals surface area contributed by atoms with Crippen molar-refractivity contribution in [1.29, 1.82) is 0 Å². The van der Waals surface area contributed by atoms with Crippen LogP contribution in [0.3, 0.4) is 0 Å². The van der Waals surface area contributed by atoms with Gasteiger partial charge in [-0.3, -0.25) is 0 Å². The van der Waals surface area contributed by atoms with Crippen LogP contribution in [-0.4, -0.2) is 0 Å². The first-order valence-corrected chi connectivity index (χ1v) is 7.61. The molecule has 0 spiro atoms. The van der Waals surface area contributed by atoms with E-state index in [-0.39, 0.29) is 5.82 Å². The molecular weight excluding hydrogens is 235 g/mol. The molecule has 1 heteroatoms. The molecule has 0 N–H and O–H groups in total. The molecule has 19 heavy (non-hydrogen) atoms. The van der Waals surface area contributed by atoms with Gasteiger partial charge in [-0.2, -0.15) is 0 Å². The molecule has 1 aromatic carbocycles. The van der Waals surface area contributed by atoms with Gasteiger partial charge in [0.2, 0.25) is 0 Å². The van der Waals surface area contributed by atoms with Gasteiger partial charge in [0, 0.05) is 0 Å². The summed E-state index contributed by atoms with van der Waals surface area (Å²) in [6.07, 6.45) is 7.81. The van der Waals surface area contributed by atoms with Crippen molar-refractivity contribution in [2.24, 2.45) is 5.92 Å². The zero-order valence-corrected chi connectivity index (χ0v) is 11.8. The van der Waals surface area contributed by atoms with Crippen LogP contribution in [0.2, 0.25) is 0 Å². The van der Waals surface area contributed by atoms with Gasteiger partial charge in [0.25, 0.3) is 0 Å². The average molecular weight is 258 g/mol. The molecule has 0 nitrogen and oxygen atoms in total. The van der Waals surface area contributed by atoms with E-state index in [1.54, 1.807) is 0 Å². The minimum atomic E-state index is 0.0209. The van der Waals surface area contributed by atoms with Crippen molar-refractivity contribution in [1.82, 2.24) is 0 Å². The Bertz CT molecular complexity index is 501. The molecule has 0 radical (unpaired) electrons. The molecule has 0 aliphatic heterocycles. The van der Waals surface area contributed by atoms with E-state index in [0.29, 0.717) is 11.8 Å². The molecule has 1 saturated carbocycles. The fourth-order valence-electron chi connectivity index (χ4n) is 3.73. The number of allylic oxidation sites excluding steroid dienone is 1. The quantitative estimate of drug-likeness (QED) is 0.482. The average Bonchev–Trinajstić information content (AvgIpc) is 2.69. The number of fused-ring (bicyclic) bond motifs is 1. The molecule has 2 unspecified atom stereocenters. The smallest absolute Gasteiger partial charge is 0.126 e. The third-order valence-electron chi connectivity index (χ3n) is 4.85. The molecule has 2 aliphatic rings. The van der Waals surface area contributed by atoms with Crippen molar-refractivity contribution in [2.75, 3.05) is 0 Å². The number of aryl methyl sites for hydroxylation is 1. The van der Waals surface area contributed by atoms with E-state index in [1.807, 2.05) is 6.07 Å². The summed E-state index contributed by atoms with van der Waals surface area (Å²) in [5.41, 5.74) is 4.89. The molecule has 0 amide bonds. The Labute approximate surface area is 115 Å². The summed E-state index contributed by atoms with van der Waals surface area (Å²) >= 11 is 0. The van der Waals surface area contributed by atoms with E-state index in [2.05, 4.69) is 19.6 Å². The Hall–Kier alpha value is -1.11. The summed E-state index contributed by atoms with van der Waals surface area (Å²) < 4.78 is 14.4. The van der Waals surface area contributed by atoms with Crippen LogP contribution >= 0.6 is 0 Å². The largest absolute Gasteiger partial charge is 0.207 e. The van der Waals surface area contributed by atoms with Crippen LogP contribution in [0.4, 0.5) is 4.39 Å². The van der Waals surface area contributed by atoms with Gasteiger partial charge in [0.1, 0.15) is 5.82 Å². The zero-order valence-electron chi connectivity index (χ0n) is 11.8. The van der Waals surface area contributed by atoms with E-state index in [0.717, 1.165) is 37.7 Å². The van der Waals surface area contributed by atoms with Crippen LogP contribution in [0.15, 0.2) is 24.3 Å². The fraction of sp³-hybridized carbons (Fsp3) is 0.556. The lowest BCUT2D eigenvalue weighted by atomic mass is 9.90. The van der Waals surface area contributed by atoms with Crippen LogP contribution in [0.1, 0.15) is 61.6 Å². The summed E-state index contributed by atoms with van der Waals surface area (Å²) in [4.78, 5) is 0. The fourth-order valence-corrected chi connectivity index (χ4v) is 3.73. The number of benzene rings is 1. The first-order valence-electron chi connectivity index (χ1n) is 7.61. The van der Waals surface area contributed by atoms with Gasteiger partial charge in [-0.1, -0.05) is 31.6 Å². The van der Waals surface area contributed by atoms with Gasteiger partial charge >= 0.3 is 0 Å². The molecule has 2 atom stereocenters. The van der Waals surface area contributed by atoms with E-state index >= 15 is 0 Å². The Balaban J connectivity index is 1.94.